The van der Waals surface area contributed by atoms with Crippen molar-refractivity contribution in [1.29, 1.82) is 0 Å². The number of piperidine rings is 1. The van der Waals surface area contributed by atoms with Crippen molar-refractivity contribution in [2.75, 3.05) is 26.7 Å². The second-order valence-corrected chi connectivity index (χ2v) is 5.78. The third kappa shape index (κ3) is 3.45. The summed E-state index contributed by atoms with van der Waals surface area (Å²) in [5.74, 6) is 0.983. The van der Waals surface area contributed by atoms with E-state index in [4.69, 9.17) is 0 Å². The first-order chi connectivity index (χ1) is 8.72. The molecule has 0 aromatic heterocycles. The highest BCUT2D eigenvalue weighted by Crippen LogP contribution is 2.31. The van der Waals surface area contributed by atoms with Gasteiger partial charge >= 0.3 is 0 Å². The van der Waals surface area contributed by atoms with E-state index in [1.165, 1.54) is 32.1 Å². The lowest BCUT2D eigenvalue weighted by Gasteiger charge is -2.43. The Hall–Kier alpha value is -0.610. The summed E-state index contributed by atoms with van der Waals surface area (Å²) in [4.78, 5) is 14.2. The Bertz CT molecular complexity index is 282. The number of carbonyl (C=O) groups is 1. The first-order valence-corrected chi connectivity index (χ1v) is 7.41. The minimum atomic E-state index is 0.185. The maximum absolute atomic E-state index is 11.8. The SMILES string of the molecule is CCNC(=O)CN1CC2CC[C@@H](NC)C[C@@H]1CC2. The summed E-state index contributed by atoms with van der Waals surface area (Å²) in [6, 6.07) is 1.23. The minimum Gasteiger partial charge on any atom is -0.355 e. The number of amides is 1. The van der Waals surface area contributed by atoms with Crippen molar-refractivity contribution in [3.05, 3.63) is 0 Å². The zero-order valence-electron chi connectivity index (χ0n) is 11.7. The Labute approximate surface area is 110 Å². The highest BCUT2D eigenvalue weighted by atomic mass is 16.2. The van der Waals surface area contributed by atoms with Crippen LogP contribution in [0.3, 0.4) is 0 Å². The van der Waals surface area contributed by atoms with E-state index in [-0.39, 0.29) is 5.91 Å². The van der Waals surface area contributed by atoms with Crippen LogP contribution >= 0.6 is 0 Å². The standard InChI is InChI=1S/C14H27N3O/c1-3-16-14(18)10-17-9-11-4-6-12(15-2)8-13(17)7-5-11/h11-13,15H,3-10H2,1-2H3,(H,16,18)/t11?,12-,13+/m1/s1. The van der Waals surface area contributed by atoms with E-state index in [1.807, 2.05) is 6.92 Å². The molecule has 3 fully saturated rings. The Kier molecular flexibility index (Phi) is 5.01. The number of nitrogens with zero attached hydrogens (tertiary/aromatic N) is 1. The zero-order chi connectivity index (χ0) is 13.0. The maximum atomic E-state index is 11.8. The molecule has 1 aliphatic carbocycles. The minimum absolute atomic E-state index is 0.185. The molecule has 3 rings (SSSR count). The molecule has 0 radical (unpaired) electrons. The van der Waals surface area contributed by atoms with Gasteiger partial charge in [0.1, 0.15) is 0 Å². The topological polar surface area (TPSA) is 44.4 Å². The fraction of sp³-hybridized carbons (Fsp3) is 0.929. The van der Waals surface area contributed by atoms with E-state index >= 15 is 0 Å². The second kappa shape index (κ2) is 6.53. The Balaban J connectivity index is 1.95. The first kappa shape index (κ1) is 13.8. The summed E-state index contributed by atoms with van der Waals surface area (Å²) in [6.45, 7) is 4.43. The van der Waals surface area contributed by atoms with Crippen LogP contribution in [-0.4, -0.2) is 49.6 Å². The van der Waals surface area contributed by atoms with Crippen molar-refractivity contribution >= 4 is 5.91 Å². The van der Waals surface area contributed by atoms with Crippen LogP contribution in [0.5, 0.6) is 0 Å². The third-order valence-corrected chi connectivity index (χ3v) is 4.53. The van der Waals surface area contributed by atoms with E-state index < -0.39 is 0 Å². The third-order valence-electron chi connectivity index (χ3n) is 4.53. The van der Waals surface area contributed by atoms with Crippen LogP contribution in [0.4, 0.5) is 0 Å². The predicted molar refractivity (Wildman–Crippen MR) is 73.5 cm³/mol. The molecule has 1 saturated carbocycles. The largest absolute Gasteiger partial charge is 0.355 e. The van der Waals surface area contributed by atoms with Crippen LogP contribution in [0, 0.1) is 5.92 Å². The fourth-order valence-corrected chi connectivity index (χ4v) is 3.46. The smallest absolute Gasteiger partial charge is 0.234 e. The van der Waals surface area contributed by atoms with E-state index in [2.05, 4.69) is 22.6 Å². The summed E-state index contributed by atoms with van der Waals surface area (Å²) in [5, 5.41) is 6.35. The number of fused-ring (bicyclic) bond motifs is 5. The molecule has 2 heterocycles. The highest BCUT2D eigenvalue weighted by Gasteiger charge is 2.33. The van der Waals surface area contributed by atoms with Gasteiger partial charge in [0.25, 0.3) is 0 Å². The van der Waals surface area contributed by atoms with Gasteiger partial charge in [-0.1, -0.05) is 0 Å². The van der Waals surface area contributed by atoms with Crippen molar-refractivity contribution in [3.63, 3.8) is 0 Å². The first-order valence-electron chi connectivity index (χ1n) is 7.41. The fourth-order valence-electron chi connectivity index (χ4n) is 3.46. The van der Waals surface area contributed by atoms with Crippen LogP contribution < -0.4 is 10.6 Å². The molecule has 0 aromatic carbocycles. The van der Waals surface area contributed by atoms with E-state index in [9.17, 15) is 4.79 Å². The van der Waals surface area contributed by atoms with Crippen molar-refractivity contribution in [1.82, 2.24) is 15.5 Å². The van der Waals surface area contributed by atoms with E-state index in [1.54, 1.807) is 0 Å². The van der Waals surface area contributed by atoms with Gasteiger partial charge in [-0.05, 0) is 52.0 Å². The number of carbonyl (C=O) groups excluding carboxylic acids is 1. The molecule has 0 aromatic rings. The number of likely N-dealkylation sites (N-methyl/N-ethyl adjacent to an activating group) is 1. The monoisotopic (exact) mass is 253 g/mol. The lowest BCUT2D eigenvalue weighted by molar-refractivity contribution is -0.123. The summed E-state index contributed by atoms with van der Waals surface area (Å²) < 4.78 is 0. The van der Waals surface area contributed by atoms with Gasteiger partial charge in [0.2, 0.25) is 5.91 Å². The van der Waals surface area contributed by atoms with Crippen LogP contribution in [0.2, 0.25) is 0 Å². The van der Waals surface area contributed by atoms with Gasteiger partial charge in [-0.25, -0.2) is 0 Å². The van der Waals surface area contributed by atoms with Crippen LogP contribution in [0.1, 0.15) is 39.0 Å². The van der Waals surface area contributed by atoms with Crippen molar-refractivity contribution in [2.45, 2.75) is 51.1 Å². The van der Waals surface area contributed by atoms with Gasteiger partial charge in [-0.2, -0.15) is 0 Å². The number of rotatable bonds is 4. The summed E-state index contributed by atoms with van der Waals surface area (Å²) in [5.41, 5.74) is 0. The molecule has 104 valence electrons. The summed E-state index contributed by atoms with van der Waals surface area (Å²) >= 11 is 0. The lowest BCUT2D eigenvalue weighted by atomic mass is 9.81. The van der Waals surface area contributed by atoms with Gasteiger partial charge in [0.05, 0.1) is 6.54 Å². The molecular weight excluding hydrogens is 226 g/mol. The Morgan fingerprint density at radius 3 is 2.78 bits per heavy atom. The summed E-state index contributed by atoms with van der Waals surface area (Å²) in [6.07, 6.45) is 6.43. The van der Waals surface area contributed by atoms with Crippen molar-refractivity contribution < 1.29 is 4.79 Å². The molecule has 2 aliphatic heterocycles. The molecule has 4 nitrogen and oxygen atoms in total. The molecule has 1 amide bonds. The van der Waals surface area contributed by atoms with Gasteiger partial charge in [0, 0.05) is 25.2 Å². The molecule has 0 spiro atoms. The average molecular weight is 253 g/mol. The second-order valence-electron chi connectivity index (χ2n) is 5.78. The van der Waals surface area contributed by atoms with Crippen molar-refractivity contribution in [3.8, 4) is 0 Å². The maximum Gasteiger partial charge on any atom is 0.234 e. The molecule has 2 N–H and O–H groups in total. The number of hydrogen-bond acceptors (Lipinski definition) is 3. The predicted octanol–water partition coefficient (Wildman–Crippen LogP) is 0.975. The van der Waals surface area contributed by atoms with E-state index in [0.29, 0.717) is 18.6 Å². The number of hydrogen-bond donors (Lipinski definition) is 2. The Morgan fingerprint density at radius 2 is 2.06 bits per heavy atom. The molecule has 1 unspecified atom stereocenters. The molecule has 4 heteroatoms. The van der Waals surface area contributed by atoms with Gasteiger partial charge in [-0.15, -0.1) is 0 Å². The molecule has 3 atom stereocenters. The lowest BCUT2D eigenvalue weighted by Crippen LogP contribution is -2.51. The van der Waals surface area contributed by atoms with Gasteiger partial charge in [0.15, 0.2) is 0 Å². The highest BCUT2D eigenvalue weighted by molar-refractivity contribution is 5.78. The average Bonchev–Trinajstić information content (AvgIpc) is 2.32. The summed E-state index contributed by atoms with van der Waals surface area (Å²) in [7, 11) is 2.06. The quantitative estimate of drug-likeness (QED) is 0.785. The molecule has 2 saturated heterocycles. The van der Waals surface area contributed by atoms with Gasteiger partial charge < -0.3 is 10.6 Å². The normalized spacial score (nSPS) is 32.9. The van der Waals surface area contributed by atoms with Gasteiger partial charge in [-0.3, -0.25) is 9.69 Å². The van der Waals surface area contributed by atoms with Crippen LogP contribution in [-0.2, 0) is 4.79 Å². The molecule has 2 bridgehead atoms. The molecule has 3 aliphatic rings. The van der Waals surface area contributed by atoms with Crippen molar-refractivity contribution in [2.24, 2.45) is 5.92 Å². The molecular formula is C14H27N3O. The Morgan fingerprint density at radius 1 is 1.28 bits per heavy atom. The number of nitrogens with one attached hydrogen (secondary N) is 2. The zero-order valence-corrected chi connectivity index (χ0v) is 11.7. The molecule has 18 heavy (non-hydrogen) atoms. The van der Waals surface area contributed by atoms with E-state index in [0.717, 1.165) is 19.0 Å². The van der Waals surface area contributed by atoms with Crippen LogP contribution in [0.15, 0.2) is 0 Å². The van der Waals surface area contributed by atoms with Crippen LogP contribution in [0.25, 0.3) is 0 Å².